The Bertz CT molecular complexity index is 214. The van der Waals surface area contributed by atoms with Crippen molar-refractivity contribution in [2.75, 3.05) is 0 Å². The molecule has 54 valence electrons. The standard InChI is InChI=1S/C5HBr2I2N/c6-2-1-3(8)4(7)10-5(2)9/h1H. The fourth-order valence-electron chi connectivity index (χ4n) is 0.423. The average Bonchev–Trinajstić information content (AvgIpc) is 1.84. The lowest BCUT2D eigenvalue weighted by Crippen LogP contribution is -1.86. The van der Waals surface area contributed by atoms with Gasteiger partial charge in [0, 0.05) is 3.57 Å². The first-order valence-electron chi connectivity index (χ1n) is 2.28. The Balaban J connectivity index is 3.28. The molecule has 1 nitrogen and oxygen atoms in total. The number of rotatable bonds is 0. The number of hydrogen-bond donors (Lipinski definition) is 0. The molecule has 1 heterocycles. The lowest BCUT2D eigenvalue weighted by molar-refractivity contribution is 1.19. The van der Waals surface area contributed by atoms with Crippen LogP contribution in [0.1, 0.15) is 0 Å². The third kappa shape index (κ3) is 2.28. The molecule has 5 heteroatoms. The van der Waals surface area contributed by atoms with Crippen molar-refractivity contribution in [2.45, 2.75) is 0 Å². The summed E-state index contributed by atoms with van der Waals surface area (Å²) in [5.74, 6) is 0. The summed E-state index contributed by atoms with van der Waals surface area (Å²) >= 11 is 11.1. The van der Waals surface area contributed by atoms with E-state index in [1.54, 1.807) is 0 Å². The van der Waals surface area contributed by atoms with Gasteiger partial charge in [0.15, 0.2) is 0 Å². The van der Waals surface area contributed by atoms with Crippen LogP contribution >= 0.6 is 77.0 Å². The van der Waals surface area contributed by atoms with Crippen LogP contribution in [0.5, 0.6) is 0 Å². The van der Waals surface area contributed by atoms with Crippen molar-refractivity contribution in [1.82, 2.24) is 4.98 Å². The minimum absolute atomic E-state index is 0.903. The molecule has 0 aliphatic heterocycles. The zero-order chi connectivity index (χ0) is 7.72. The molecule has 0 fully saturated rings. The molecule has 1 rings (SSSR count). The largest absolute Gasteiger partial charge is 0.233 e. The van der Waals surface area contributed by atoms with Gasteiger partial charge in [-0.3, -0.25) is 0 Å². The summed E-state index contributed by atoms with van der Waals surface area (Å²) in [7, 11) is 0. The Labute approximate surface area is 103 Å². The predicted octanol–water partition coefficient (Wildman–Crippen LogP) is 3.82. The normalized spacial score (nSPS) is 10.0. The summed E-state index contributed by atoms with van der Waals surface area (Å²) in [5, 5.41) is 0. The highest BCUT2D eigenvalue weighted by atomic mass is 127. The molecule has 0 bridgehead atoms. The Morgan fingerprint density at radius 3 is 2.40 bits per heavy atom. The maximum Gasteiger partial charge on any atom is 0.120 e. The van der Waals surface area contributed by atoms with Crippen molar-refractivity contribution in [3.63, 3.8) is 0 Å². The van der Waals surface area contributed by atoms with Gasteiger partial charge in [-0.25, -0.2) is 4.98 Å². The van der Waals surface area contributed by atoms with Crippen LogP contribution in [0, 0.1) is 7.27 Å². The SMILES string of the molecule is Brc1cc(I)c(Br)nc1I. The zero-order valence-corrected chi connectivity index (χ0v) is 12.0. The average molecular weight is 489 g/mol. The van der Waals surface area contributed by atoms with Gasteiger partial charge in [-0.15, -0.1) is 0 Å². The van der Waals surface area contributed by atoms with E-state index in [2.05, 4.69) is 82.0 Å². The topological polar surface area (TPSA) is 12.9 Å². The molecule has 0 amide bonds. The molecular formula is C5HBr2I2N. The van der Waals surface area contributed by atoms with E-state index in [1.807, 2.05) is 6.07 Å². The summed E-state index contributed by atoms with van der Waals surface area (Å²) in [4.78, 5) is 4.22. The van der Waals surface area contributed by atoms with Crippen LogP contribution in [0.25, 0.3) is 0 Å². The molecule has 0 aliphatic carbocycles. The minimum Gasteiger partial charge on any atom is -0.233 e. The first-order chi connectivity index (χ1) is 4.61. The maximum absolute atomic E-state index is 4.22. The van der Waals surface area contributed by atoms with Gasteiger partial charge in [-0.05, 0) is 83.1 Å². The molecule has 0 radical (unpaired) electrons. The van der Waals surface area contributed by atoms with E-state index >= 15 is 0 Å². The number of aromatic nitrogens is 1. The molecule has 1 aromatic heterocycles. The summed E-state index contributed by atoms with van der Waals surface area (Å²) in [6.45, 7) is 0. The monoisotopic (exact) mass is 487 g/mol. The first kappa shape index (κ1) is 9.66. The second-order valence-electron chi connectivity index (χ2n) is 1.53. The fourth-order valence-corrected chi connectivity index (χ4v) is 2.62. The molecule has 0 aliphatic rings. The highest BCUT2D eigenvalue weighted by molar-refractivity contribution is 14.1. The molecule has 1 aromatic rings. The number of halogens is 4. The fraction of sp³-hybridized carbons (Fsp3) is 0. The molecule has 0 spiro atoms. The smallest absolute Gasteiger partial charge is 0.120 e. The van der Waals surface area contributed by atoms with E-state index in [9.17, 15) is 0 Å². The molecule has 0 saturated heterocycles. The molecule has 0 aromatic carbocycles. The van der Waals surface area contributed by atoms with Crippen molar-refractivity contribution in [3.05, 3.63) is 22.4 Å². The second-order valence-corrected chi connectivity index (χ2v) is 5.32. The van der Waals surface area contributed by atoms with E-state index in [-0.39, 0.29) is 0 Å². The van der Waals surface area contributed by atoms with E-state index in [0.717, 1.165) is 16.3 Å². The second kappa shape index (κ2) is 3.99. The van der Waals surface area contributed by atoms with E-state index in [0.29, 0.717) is 0 Å². The molecule has 0 atom stereocenters. The third-order valence-electron chi connectivity index (χ3n) is 0.844. The number of pyridine rings is 1. The van der Waals surface area contributed by atoms with Crippen LogP contribution in [-0.4, -0.2) is 4.98 Å². The van der Waals surface area contributed by atoms with Gasteiger partial charge in [-0.2, -0.15) is 0 Å². The predicted molar refractivity (Wildman–Crippen MR) is 65.1 cm³/mol. The van der Waals surface area contributed by atoms with Gasteiger partial charge in [0.25, 0.3) is 0 Å². The molecule has 0 saturated carbocycles. The molecule has 0 N–H and O–H groups in total. The van der Waals surface area contributed by atoms with Gasteiger partial charge in [0.1, 0.15) is 8.30 Å². The minimum atomic E-state index is 0.903. The van der Waals surface area contributed by atoms with Gasteiger partial charge < -0.3 is 0 Å². The van der Waals surface area contributed by atoms with Crippen LogP contribution in [0.4, 0.5) is 0 Å². The highest BCUT2D eigenvalue weighted by Crippen LogP contribution is 2.24. The molecule has 0 unspecified atom stereocenters. The Morgan fingerprint density at radius 2 is 1.90 bits per heavy atom. The summed E-state index contributed by atoms with van der Waals surface area (Å²) < 4.78 is 4.04. The van der Waals surface area contributed by atoms with Crippen LogP contribution in [0.15, 0.2) is 15.1 Å². The Morgan fingerprint density at radius 1 is 1.30 bits per heavy atom. The highest BCUT2D eigenvalue weighted by Gasteiger charge is 2.02. The maximum atomic E-state index is 4.22. The Kier molecular flexibility index (Phi) is 3.86. The van der Waals surface area contributed by atoms with Gasteiger partial charge in [-0.1, -0.05) is 0 Å². The van der Waals surface area contributed by atoms with Gasteiger partial charge >= 0.3 is 0 Å². The quantitative estimate of drug-likeness (QED) is 0.400. The zero-order valence-electron chi connectivity index (χ0n) is 4.54. The summed E-state index contributed by atoms with van der Waals surface area (Å²) in [6.07, 6.45) is 0. The number of hydrogen-bond acceptors (Lipinski definition) is 1. The lowest BCUT2D eigenvalue weighted by atomic mass is 10.5. The van der Waals surface area contributed by atoms with Crippen molar-refractivity contribution in [2.24, 2.45) is 0 Å². The van der Waals surface area contributed by atoms with Crippen molar-refractivity contribution >= 4 is 77.0 Å². The van der Waals surface area contributed by atoms with Crippen LogP contribution in [-0.2, 0) is 0 Å². The van der Waals surface area contributed by atoms with E-state index in [1.165, 1.54) is 0 Å². The van der Waals surface area contributed by atoms with Gasteiger partial charge in [0.2, 0.25) is 0 Å². The van der Waals surface area contributed by atoms with Crippen molar-refractivity contribution in [1.29, 1.82) is 0 Å². The lowest BCUT2D eigenvalue weighted by Gasteiger charge is -1.97. The third-order valence-corrected chi connectivity index (χ3v) is 5.18. The van der Waals surface area contributed by atoms with E-state index < -0.39 is 0 Å². The Hall–Kier alpha value is 1.57. The van der Waals surface area contributed by atoms with Crippen LogP contribution in [0.2, 0.25) is 0 Å². The first-order valence-corrected chi connectivity index (χ1v) is 6.02. The van der Waals surface area contributed by atoms with Crippen LogP contribution < -0.4 is 0 Å². The van der Waals surface area contributed by atoms with Crippen molar-refractivity contribution in [3.8, 4) is 0 Å². The molecular weight excluding hydrogens is 488 g/mol. The van der Waals surface area contributed by atoms with Gasteiger partial charge in [0.05, 0.1) is 4.47 Å². The number of nitrogens with zero attached hydrogens (tertiary/aromatic N) is 1. The van der Waals surface area contributed by atoms with E-state index in [4.69, 9.17) is 0 Å². The van der Waals surface area contributed by atoms with Crippen molar-refractivity contribution < 1.29 is 0 Å². The molecule has 10 heavy (non-hydrogen) atoms. The van der Waals surface area contributed by atoms with Crippen LogP contribution in [0.3, 0.4) is 0 Å². The summed E-state index contributed by atoms with van der Waals surface area (Å²) in [6, 6.07) is 2.03. The summed E-state index contributed by atoms with van der Waals surface area (Å²) in [5.41, 5.74) is 0.